The summed E-state index contributed by atoms with van der Waals surface area (Å²) in [7, 11) is 1.62. The molecule has 26 heavy (non-hydrogen) atoms. The molecule has 3 aromatic rings. The van der Waals surface area contributed by atoms with Crippen LogP contribution in [0, 0.1) is 6.92 Å². The van der Waals surface area contributed by atoms with E-state index in [1.807, 2.05) is 55.5 Å². The highest BCUT2D eigenvalue weighted by atomic mass is 32.2. The van der Waals surface area contributed by atoms with Crippen LogP contribution >= 0.6 is 11.8 Å². The minimum absolute atomic E-state index is 0.0526. The number of aromatic nitrogens is 2. The van der Waals surface area contributed by atoms with Crippen molar-refractivity contribution in [2.24, 2.45) is 0 Å². The Kier molecular flexibility index (Phi) is 5.91. The van der Waals surface area contributed by atoms with Crippen LogP contribution in [0.25, 0.3) is 11.5 Å². The first-order chi connectivity index (χ1) is 12.7. The molecule has 2 aromatic carbocycles. The molecule has 0 spiro atoms. The van der Waals surface area contributed by atoms with Crippen LogP contribution in [0.5, 0.6) is 5.75 Å². The highest BCUT2D eigenvalue weighted by Gasteiger charge is 2.10. The van der Waals surface area contributed by atoms with Gasteiger partial charge in [0.05, 0.1) is 18.6 Å². The Morgan fingerprint density at radius 3 is 2.69 bits per heavy atom. The number of carbonyl (C=O) groups excluding carboxylic acids is 1. The van der Waals surface area contributed by atoms with Crippen molar-refractivity contribution in [3.05, 3.63) is 59.9 Å². The Bertz CT molecular complexity index is 878. The summed E-state index contributed by atoms with van der Waals surface area (Å²) in [6, 6.07) is 15.1. The molecule has 0 bridgehead atoms. The van der Waals surface area contributed by atoms with E-state index in [0.717, 1.165) is 22.6 Å². The zero-order chi connectivity index (χ0) is 18.4. The van der Waals surface area contributed by atoms with Crippen molar-refractivity contribution in [1.29, 1.82) is 0 Å². The van der Waals surface area contributed by atoms with Gasteiger partial charge in [0.25, 0.3) is 5.89 Å². The Balaban J connectivity index is 1.50. The molecule has 0 aliphatic carbocycles. The van der Waals surface area contributed by atoms with Gasteiger partial charge in [-0.3, -0.25) is 4.79 Å². The van der Waals surface area contributed by atoms with Crippen LogP contribution in [0.15, 0.2) is 53.1 Å². The number of para-hydroxylation sites is 1. The molecule has 0 radical (unpaired) electrons. The van der Waals surface area contributed by atoms with Crippen molar-refractivity contribution in [3.8, 4) is 17.2 Å². The van der Waals surface area contributed by atoms with Gasteiger partial charge >= 0.3 is 0 Å². The minimum Gasteiger partial charge on any atom is -0.497 e. The maximum Gasteiger partial charge on any atom is 0.257 e. The van der Waals surface area contributed by atoms with E-state index in [2.05, 4.69) is 15.5 Å². The van der Waals surface area contributed by atoms with Gasteiger partial charge in [-0.25, -0.2) is 0 Å². The number of hydrogen-bond acceptors (Lipinski definition) is 6. The highest BCUT2D eigenvalue weighted by Crippen LogP contribution is 2.22. The van der Waals surface area contributed by atoms with Gasteiger partial charge in [-0.05, 0) is 42.8 Å². The van der Waals surface area contributed by atoms with Crippen molar-refractivity contribution >= 4 is 23.4 Å². The molecular formula is C19H19N3O3S. The molecule has 0 aliphatic heterocycles. The maximum atomic E-state index is 12.0. The van der Waals surface area contributed by atoms with Crippen molar-refractivity contribution in [3.63, 3.8) is 0 Å². The molecule has 0 unspecified atom stereocenters. The number of rotatable bonds is 7. The highest BCUT2D eigenvalue weighted by molar-refractivity contribution is 7.99. The monoisotopic (exact) mass is 369 g/mol. The van der Waals surface area contributed by atoms with E-state index in [-0.39, 0.29) is 5.91 Å². The number of amides is 1. The van der Waals surface area contributed by atoms with Gasteiger partial charge in [0.15, 0.2) is 5.82 Å². The van der Waals surface area contributed by atoms with Crippen LogP contribution in [-0.2, 0) is 10.5 Å². The molecule has 0 atom stereocenters. The second-order valence-corrected chi connectivity index (χ2v) is 6.59. The quantitative estimate of drug-likeness (QED) is 0.680. The van der Waals surface area contributed by atoms with Gasteiger partial charge in [-0.1, -0.05) is 23.4 Å². The van der Waals surface area contributed by atoms with E-state index in [9.17, 15) is 4.79 Å². The number of nitrogens with one attached hydrogen (secondary N) is 1. The average Bonchev–Trinajstić information content (AvgIpc) is 3.12. The number of hydrogen-bond donors (Lipinski definition) is 1. The van der Waals surface area contributed by atoms with Crippen molar-refractivity contribution in [2.75, 3.05) is 18.2 Å². The van der Waals surface area contributed by atoms with E-state index >= 15 is 0 Å². The van der Waals surface area contributed by atoms with Crippen LogP contribution in [0.1, 0.15) is 11.4 Å². The zero-order valence-corrected chi connectivity index (χ0v) is 15.4. The number of ether oxygens (including phenoxy) is 1. The van der Waals surface area contributed by atoms with E-state index in [4.69, 9.17) is 9.26 Å². The van der Waals surface area contributed by atoms with Crippen LogP contribution in [0.2, 0.25) is 0 Å². The number of nitrogens with zero attached hydrogens (tertiary/aromatic N) is 2. The molecule has 0 saturated heterocycles. The fourth-order valence-electron chi connectivity index (χ4n) is 2.30. The second kappa shape index (κ2) is 8.53. The lowest BCUT2D eigenvalue weighted by molar-refractivity contribution is -0.113. The average molecular weight is 369 g/mol. The normalized spacial score (nSPS) is 10.5. The Morgan fingerprint density at radius 1 is 1.19 bits per heavy atom. The Hall–Kier alpha value is -2.80. The maximum absolute atomic E-state index is 12.0. The molecule has 1 amide bonds. The first kappa shape index (κ1) is 18.0. The molecule has 0 aliphatic rings. The SMILES string of the molecule is COc1ccc(-c2nc(CSCC(=O)Nc3ccccc3C)no2)cc1. The molecule has 6 nitrogen and oxygen atoms in total. The summed E-state index contributed by atoms with van der Waals surface area (Å²) in [4.78, 5) is 16.4. The van der Waals surface area contributed by atoms with Gasteiger partial charge < -0.3 is 14.6 Å². The van der Waals surface area contributed by atoms with Gasteiger partial charge in [0, 0.05) is 11.3 Å². The molecule has 3 rings (SSSR count). The lowest BCUT2D eigenvalue weighted by atomic mass is 10.2. The molecule has 0 fully saturated rings. The van der Waals surface area contributed by atoms with Gasteiger partial charge in [0.2, 0.25) is 5.91 Å². The van der Waals surface area contributed by atoms with Crippen molar-refractivity contribution < 1.29 is 14.1 Å². The third kappa shape index (κ3) is 4.64. The van der Waals surface area contributed by atoms with Gasteiger partial charge in [0.1, 0.15) is 5.75 Å². The van der Waals surface area contributed by atoms with E-state index in [0.29, 0.717) is 23.2 Å². The van der Waals surface area contributed by atoms with Crippen molar-refractivity contribution in [2.45, 2.75) is 12.7 Å². The molecule has 0 saturated carbocycles. The fraction of sp³-hybridized carbons (Fsp3) is 0.211. The van der Waals surface area contributed by atoms with E-state index in [1.165, 1.54) is 11.8 Å². The van der Waals surface area contributed by atoms with Crippen LogP contribution in [-0.4, -0.2) is 28.9 Å². The van der Waals surface area contributed by atoms with Gasteiger partial charge in [-0.2, -0.15) is 4.98 Å². The predicted octanol–water partition coefficient (Wildman–Crippen LogP) is 3.93. The Morgan fingerprint density at radius 2 is 1.96 bits per heavy atom. The number of thioether (sulfide) groups is 1. The zero-order valence-electron chi connectivity index (χ0n) is 14.6. The number of carbonyl (C=O) groups is 1. The summed E-state index contributed by atoms with van der Waals surface area (Å²) in [5.74, 6) is 2.55. The summed E-state index contributed by atoms with van der Waals surface area (Å²) >= 11 is 1.44. The molecular weight excluding hydrogens is 350 g/mol. The lowest BCUT2D eigenvalue weighted by Crippen LogP contribution is -2.14. The van der Waals surface area contributed by atoms with Crippen LogP contribution in [0.3, 0.4) is 0 Å². The summed E-state index contributed by atoms with van der Waals surface area (Å²) in [6.45, 7) is 1.96. The minimum atomic E-state index is -0.0526. The van der Waals surface area contributed by atoms with Crippen LogP contribution < -0.4 is 10.1 Å². The lowest BCUT2D eigenvalue weighted by Gasteiger charge is -2.07. The van der Waals surface area contributed by atoms with E-state index in [1.54, 1.807) is 7.11 Å². The van der Waals surface area contributed by atoms with Crippen molar-refractivity contribution in [1.82, 2.24) is 10.1 Å². The van der Waals surface area contributed by atoms with Crippen LogP contribution in [0.4, 0.5) is 5.69 Å². The molecule has 134 valence electrons. The molecule has 1 aromatic heterocycles. The van der Waals surface area contributed by atoms with Gasteiger partial charge in [-0.15, -0.1) is 11.8 Å². The summed E-state index contributed by atoms with van der Waals surface area (Å²) in [5, 5.41) is 6.86. The second-order valence-electron chi connectivity index (χ2n) is 5.60. The predicted molar refractivity (Wildman–Crippen MR) is 102 cm³/mol. The third-order valence-corrected chi connectivity index (χ3v) is 4.62. The molecule has 1 N–H and O–H groups in total. The molecule has 7 heteroatoms. The van der Waals surface area contributed by atoms with E-state index < -0.39 is 0 Å². The number of benzene rings is 2. The Labute approximate surface area is 156 Å². The first-order valence-corrected chi connectivity index (χ1v) is 9.21. The number of methoxy groups -OCH3 is 1. The summed E-state index contributed by atoms with van der Waals surface area (Å²) < 4.78 is 10.4. The summed E-state index contributed by atoms with van der Waals surface area (Å²) in [5.41, 5.74) is 2.69. The number of anilines is 1. The summed E-state index contributed by atoms with van der Waals surface area (Å²) in [6.07, 6.45) is 0. The topological polar surface area (TPSA) is 77.2 Å². The first-order valence-electron chi connectivity index (χ1n) is 8.06. The number of aryl methyl sites for hydroxylation is 1. The largest absolute Gasteiger partial charge is 0.497 e. The smallest absolute Gasteiger partial charge is 0.257 e. The molecule has 1 heterocycles. The third-order valence-electron chi connectivity index (χ3n) is 3.69. The standard InChI is InChI=1S/C19H19N3O3S/c1-13-5-3-4-6-16(13)20-18(23)12-26-11-17-21-19(25-22-17)14-7-9-15(24-2)10-8-14/h3-10H,11-12H2,1-2H3,(H,20,23). The fourth-order valence-corrected chi connectivity index (χ4v) is 2.96.